The second kappa shape index (κ2) is 8.68. The second-order valence-corrected chi connectivity index (χ2v) is 8.38. The third-order valence-corrected chi connectivity index (χ3v) is 6.26. The predicted octanol–water partition coefficient (Wildman–Crippen LogP) is 5.61. The maximum absolute atomic E-state index is 12.0. The summed E-state index contributed by atoms with van der Waals surface area (Å²) in [6, 6.07) is 28.5. The quantitative estimate of drug-likeness (QED) is 0.438. The molecule has 1 aromatic heterocycles. The Labute approximate surface area is 176 Å². The molecule has 0 fully saturated rings. The van der Waals surface area contributed by atoms with Gasteiger partial charge in [0.2, 0.25) is 0 Å². The lowest BCUT2D eigenvalue weighted by Gasteiger charge is -2.35. The van der Waals surface area contributed by atoms with Crippen LogP contribution >= 0.6 is 11.8 Å². The molecule has 4 heteroatoms. The first-order valence-corrected chi connectivity index (χ1v) is 10.5. The minimum absolute atomic E-state index is 0.0493. The summed E-state index contributed by atoms with van der Waals surface area (Å²) in [6.45, 7) is 2.76. The van der Waals surface area contributed by atoms with E-state index in [0.29, 0.717) is 6.54 Å². The molecule has 4 rings (SSSR count). The minimum atomic E-state index is -1.10. The summed E-state index contributed by atoms with van der Waals surface area (Å²) in [6.07, 6.45) is 5.49. The lowest BCUT2D eigenvalue weighted by Crippen LogP contribution is -2.37. The summed E-state index contributed by atoms with van der Waals surface area (Å²) in [7, 11) is 0. The van der Waals surface area contributed by atoms with E-state index in [1.807, 2.05) is 71.4 Å². The van der Waals surface area contributed by atoms with Crippen molar-refractivity contribution in [2.45, 2.75) is 28.9 Å². The lowest BCUT2D eigenvalue weighted by atomic mass is 9.77. The van der Waals surface area contributed by atoms with Crippen LogP contribution in [0.2, 0.25) is 0 Å². The van der Waals surface area contributed by atoms with Crippen LogP contribution in [0, 0.1) is 5.92 Å². The molecule has 0 aliphatic heterocycles. The van der Waals surface area contributed by atoms with Gasteiger partial charge in [-0.15, -0.1) is 0 Å². The van der Waals surface area contributed by atoms with E-state index in [0.717, 1.165) is 16.0 Å². The summed E-state index contributed by atoms with van der Waals surface area (Å²) in [5.41, 5.74) is 0.700. The molecule has 0 bridgehead atoms. The highest BCUT2D eigenvalue weighted by Crippen LogP contribution is 2.39. The number of aromatic nitrogens is 2. The van der Waals surface area contributed by atoms with E-state index < -0.39 is 5.60 Å². The third-order valence-electron chi connectivity index (χ3n) is 5.24. The van der Waals surface area contributed by atoms with Crippen molar-refractivity contribution in [2.24, 2.45) is 5.92 Å². The van der Waals surface area contributed by atoms with Crippen molar-refractivity contribution in [2.75, 3.05) is 0 Å². The van der Waals surface area contributed by atoms with Crippen LogP contribution in [0.5, 0.6) is 0 Å². The topological polar surface area (TPSA) is 38.0 Å². The van der Waals surface area contributed by atoms with E-state index in [1.165, 1.54) is 4.90 Å². The normalized spacial score (nSPS) is 14.3. The number of hydrogen-bond acceptors (Lipinski definition) is 3. The average Bonchev–Trinajstić information content (AvgIpc) is 3.28. The Balaban J connectivity index is 1.65. The fourth-order valence-corrected chi connectivity index (χ4v) is 4.51. The van der Waals surface area contributed by atoms with Crippen LogP contribution in [0.3, 0.4) is 0 Å². The smallest absolute Gasteiger partial charge is 0.119 e. The first-order valence-electron chi connectivity index (χ1n) is 9.73. The first kappa shape index (κ1) is 19.5. The molecule has 2 unspecified atom stereocenters. The van der Waals surface area contributed by atoms with Gasteiger partial charge in [-0.3, -0.25) is 0 Å². The van der Waals surface area contributed by atoms with Gasteiger partial charge < -0.3 is 9.67 Å². The molecule has 1 heterocycles. The Morgan fingerprint density at radius 1 is 0.862 bits per heavy atom. The molecule has 1 N–H and O–H groups in total. The molecule has 0 saturated heterocycles. The van der Waals surface area contributed by atoms with Gasteiger partial charge in [0.05, 0.1) is 6.33 Å². The number of hydrogen-bond donors (Lipinski definition) is 1. The summed E-state index contributed by atoms with van der Waals surface area (Å²) >= 11 is 1.72. The van der Waals surface area contributed by atoms with Crippen molar-refractivity contribution >= 4 is 11.8 Å². The Kier molecular flexibility index (Phi) is 5.84. The molecule has 0 aliphatic rings. The maximum Gasteiger partial charge on any atom is 0.119 e. The van der Waals surface area contributed by atoms with Gasteiger partial charge in [0.15, 0.2) is 0 Å². The zero-order chi connectivity index (χ0) is 20.1. The van der Waals surface area contributed by atoms with Crippen molar-refractivity contribution in [1.29, 1.82) is 0 Å². The van der Waals surface area contributed by atoms with Gasteiger partial charge in [-0.1, -0.05) is 79.3 Å². The fourth-order valence-electron chi connectivity index (χ4n) is 3.67. The van der Waals surface area contributed by atoms with E-state index in [2.05, 4.69) is 36.2 Å². The predicted molar refractivity (Wildman–Crippen MR) is 118 cm³/mol. The SMILES string of the molecule is CC(Cn1ccnc1)C(O)(c1ccccc1)c1ccc(Sc2ccccc2)cc1. The summed E-state index contributed by atoms with van der Waals surface area (Å²) in [4.78, 5) is 6.48. The van der Waals surface area contributed by atoms with Crippen molar-refractivity contribution in [3.63, 3.8) is 0 Å². The zero-order valence-electron chi connectivity index (χ0n) is 16.3. The second-order valence-electron chi connectivity index (χ2n) is 7.23. The molecular weight excluding hydrogens is 376 g/mol. The maximum atomic E-state index is 12.0. The van der Waals surface area contributed by atoms with Crippen LogP contribution in [0.4, 0.5) is 0 Å². The summed E-state index contributed by atoms with van der Waals surface area (Å²) < 4.78 is 2.01. The van der Waals surface area contributed by atoms with Crippen LogP contribution in [0.15, 0.2) is 113 Å². The van der Waals surface area contributed by atoms with Gasteiger partial charge in [0.25, 0.3) is 0 Å². The van der Waals surface area contributed by atoms with E-state index in [1.54, 1.807) is 24.3 Å². The van der Waals surface area contributed by atoms with Crippen molar-refractivity contribution in [3.8, 4) is 0 Å². The Hall–Kier alpha value is -2.82. The molecular formula is C25H24N2OS. The Morgan fingerprint density at radius 2 is 1.45 bits per heavy atom. The molecule has 29 heavy (non-hydrogen) atoms. The molecule has 3 aromatic carbocycles. The minimum Gasteiger partial charge on any atom is -0.380 e. The first-order chi connectivity index (χ1) is 14.2. The van der Waals surface area contributed by atoms with E-state index in [-0.39, 0.29) is 5.92 Å². The Morgan fingerprint density at radius 3 is 2.07 bits per heavy atom. The van der Waals surface area contributed by atoms with Crippen molar-refractivity contribution in [1.82, 2.24) is 9.55 Å². The van der Waals surface area contributed by atoms with Crippen LogP contribution < -0.4 is 0 Å². The standard InChI is InChI=1S/C25H24N2OS/c1-20(18-27-17-16-26-19-27)25(28,21-8-4-2-5-9-21)22-12-14-24(15-13-22)29-23-10-6-3-7-11-23/h2-17,19-20,28H,18H2,1H3. The van der Waals surface area contributed by atoms with E-state index in [4.69, 9.17) is 0 Å². The highest BCUT2D eigenvalue weighted by atomic mass is 32.2. The molecule has 0 aliphatic carbocycles. The average molecular weight is 401 g/mol. The van der Waals surface area contributed by atoms with Gasteiger partial charge >= 0.3 is 0 Å². The van der Waals surface area contributed by atoms with Gasteiger partial charge in [0, 0.05) is 34.6 Å². The van der Waals surface area contributed by atoms with Crippen LogP contribution in [-0.4, -0.2) is 14.7 Å². The molecule has 0 amide bonds. The van der Waals surface area contributed by atoms with Gasteiger partial charge in [0.1, 0.15) is 5.60 Å². The number of aliphatic hydroxyl groups is 1. The number of benzene rings is 3. The van der Waals surface area contributed by atoms with Gasteiger partial charge in [-0.2, -0.15) is 0 Å². The van der Waals surface area contributed by atoms with Crippen LogP contribution in [0.25, 0.3) is 0 Å². The molecule has 3 nitrogen and oxygen atoms in total. The third kappa shape index (κ3) is 4.29. The van der Waals surface area contributed by atoms with E-state index >= 15 is 0 Å². The molecule has 0 saturated carbocycles. The largest absolute Gasteiger partial charge is 0.380 e. The summed E-state index contributed by atoms with van der Waals surface area (Å²) in [5.74, 6) is -0.0493. The molecule has 0 radical (unpaired) electrons. The highest BCUT2D eigenvalue weighted by Gasteiger charge is 2.37. The molecule has 0 spiro atoms. The monoisotopic (exact) mass is 400 g/mol. The van der Waals surface area contributed by atoms with Crippen molar-refractivity contribution in [3.05, 3.63) is 115 Å². The number of imidazole rings is 1. The van der Waals surface area contributed by atoms with Crippen molar-refractivity contribution < 1.29 is 5.11 Å². The van der Waals surface area contributed by atoms with Crippen LogP contribution in [0.1, 0.15) is 18.1 Å². The fraction of sp³-hybridized carbons (Fsp3) is 0.160. The van der Waals surface area contributed by atoms with Crippen LogP contribution in [-0.2, 0) is 12.1 Å². The number of nitrogens with zero attached hydrogens (tertiary/aromatic N) is 2. The zero-order valence-corrected chi connectivity index (χ0v) is 17.2. The molecule has 4 aromatic rings. The van der Waals surface area contributed by atoms with Gasteiger partial charge in [-0.05, 0) is 35.4 Å². The van der Waals surface area contributed by atoms with E-state index in [9.17, 15) is 5.11 Å². The highest BCUT2D eigenvalue weighted by molar-refractivity contribution is 7.99. The Bertz CT molecular complexity index is 1020. The number of rotatable bonds is 7. The van der Waals surface area contributed by atoms with Gasteiger partial charge in [-0.25, -0.2) is 4.98 Å². The summed E-state index contributed by atoms with van der Waals surface area (Å²) in [5, 5.41) is 12.0. The lowest BCUT2D eigenvalue weighted by molar-refractivity contribution is 0.0164. The molecule has 146 valence electrons. The molecule has 2 atom stereocenters.